The van der Waals surface area contributed by atoms with Gasteiger partial charge in [0.05, 0.1) is 0 Å². The molecule has 4 heteroatoms. The lowest BCUT2D eigenvalue weighted by molar-refractivity contribution is -0.373. The van der Waals surface area contributed by atoms with E-state index in [0.717, 1.165) is 30.7 Å². The standard InChI is InChI=1S/C12H23N2O2/c1-11(2)7-5-9-6-8-12(3,4)14(16)10(9)13(11)15/h9-10,15H,5-8H2,1-4H3. The fourth-order valence-corrected chi connectivity index (χ4v) is 2.95. The molecule has 0 aromatic rings. The van der Waals surface area contributed by atoms with Gasteiger partial charge in [-0.05, 0) is 59.3 Å². The van der Waals surface area contributed by atoms with Crippen molar-refractivity contribution in [2.24, 2.45) is 5.92 Å². The lowest BCUT2D eigenvalue weighted by atomic mass is 9.76. The number of nitrogens with zero attached hydrogens (tertiary/aromatic N) is 2. The summed E-state index contributed by atoms with van der Waals surface area (Å²) in [7, 11) is 0. The van der Waals surface area contributed by atoms with Crippen molar-refractivity contribution in [2.75, 3.05) is 0 Å². The third kappa shape index (κ3) is 1.78. The van der Waals surface area contributed by atoms with Gasteiger partial charge in [0.1, 0.15) is 6.17 Å². The Kier molecular flexibility index (Phi) is 2.82. The summed E-state index contributed by atoms with van der Waals surface area (Å²) in [6.45, 7) is 7.93. The second-order valence-electron chi connectivity index (χ2n) is 6.55. The van der Waals surface area contributed by atoms with Gasteiger partial charge in [-0.3, -0.25) is 0 Å². The quantitative estimate of drug-likeness (QED) is 0.691. The second-order valence-corrected chi connectivity index (χ2v) is 6.55. The van der Waals surface area contributed by atoms with E-state index in [-0.39, 0.29) is 17.2 Å². The molecule has 0 saturated carbocycles. The zero-order valence-electron chi connectivity index (χ0n) is 10.7. The van der Waals surface area contributed by atoms with Crippen molar-refractivity contribution in [2.45, 2.75) is 70.6 Å². The molecule has 1 radical (unpaired) electrons. The van der Waals surface area contributed by atoms with E-state index in [9.17, 15) is 10.4 Å². The summed E-state index contributed by atoms with van der Waals surface area (Å²) in [5, 5.41) is 24.9. The molecule has 2 unspecified atom stereocenters. The van der Waals surface area contributed by atoms with Crippen LogP contribution in [-0.2, 0) is 5.21 Å². The van der Waals surface area contributed by atoms with Gasteiger partial charge in [-0.1, -0.05) is 0 Å². The molecule has 0 bridgehead atoms. The molecule has 2 heterocycles. The van der Waals surface area contributed by atoms with Gasteiger partial charge in [0.2, 0.25) is 0 Å². The molecule has 2 aliphatic rings. The number of rotatable bonds is 0. The van der Waals surface area contributed by atoms with E-state index < -0.39 is 0 Å². The molecule has 1 N–H and O–H groups in total. The zero-order valence-corrected chi connectivity index (χ0v) is 10.7. The maximum atomic E-state index is 12.3. The van der Waals surface area contributed by atoms with Crippen LogP contribution in [0.25, 0.3) is 0 Å². The predicted molar refractivity (Wildman–Crippen MR) is 60.1 cm³/mol. The van der Waals surface area contributed by atoms with Crippen LogP contribution in [0.4, 0.5) is 0 Å². The maximum absolute atomic E-state index is 12.3. The Balaban J connectivity index is 2.24. The monoisotopic (exact) mass is 227 g/mol. The van der Waals surface area contributed by atoms with E-state index in [1.54, 1.807) is 0 Å². The largest absolute Gasteiger partial charge is 0.312 e. The Morgan fingerprint density at radius 1 is 1.06 bits per heavy atom. The van der Waals surface area contributed by atoms with Crippen molar-refractivity contribution in [1.82, 2.24) is 10.1 Å². The van der Waals surface area contributed by atoms with Gasteiger partial charge < -0.3 is 5.21 Å². The normalized spacial score (nSPS) is 39.4. The van der Waals surface area contributed by atoms with Crippen LogP contribution in [0.15, 0.2) is 0 Å². The number of hydrogen-bond donors (Lipinski definition) is 1. The van der Waals surface area contributed by atoms with E-state index >= 15 is 0 Å². The van der Waals surface area contributed by atoms with Gasteiger partial charge in [0, 0.05) is 11.1 Å². The second kappa shape index (κ2) is 3.67. The molecule has 2 atom stereocenters. The van der Waals surface area contributed by atoms with Crippen molar-refractivity contribution >= 4 is 0 Å². The van der Waals surface area contributed by atoms with Gasteiger partial charge in [0.15, 0.2) is 0 Å². The van der Waals surface area contributed by atoms with E-state index in [4.69, 9.17) is 0 Å². The number of hydrogen-bond acceptors (Lipinski definition) is 3. The fourth-order valence-electron chi connectivity index (χ4n) is 2.95. The minimum absolute atomic E-state index is 0.281. The van der Waals surface area contributed by atoms with Crippen molar-refractivity contribution in [3.63, 3.8) is 0 Å². The Labute approximate surface area is 97.8 Å². The molecule has 0 amide bonds. The van der Waals surface area contributed by atoms with Gasteiger partial charge in [-0.15, -0.1) is 10.3 Å². The third-order valence-corrected chi connectivity index (χ3v) is 4.38. The van der Waals surface area contributed by atoms with Crippen molar-refractivity contribution in [3.05, 3.63) is 0 Å². The lowest BCUT2D eigenvalue weighted by Crippen LogP contribution is -2.66. The summed E-state index contributed by atoms with van der Waals surface area (Å²) in [5.74, 6) is 0.323. The van der Waals surface area contributed by atoms with Gasteiger partial charge >= 0.3 is 0 Å². The molecule has 0 spiro atoms. The predicted octanol–water partition coefficient (Wildman–Crippen LogP) is 2.41. The van der Waals surface area contributed by atoms with E-state index in [1.807, 2.05) is 27.7 Å². The first-order valence-electron chi connectivity index (χ1n) is 6.20. The highest BCUT2D eigenvalue weighted by Crippen LogP contribution is 2.43. The van der Waals surface area contributed by atoms with Crippen molar-refractivity contribution in [1.29, 1.82) is 0 Å². The third-order valence-electron chi connectivity index (χ3n) is 4.38. The number of piperidine rings is 2. The summed E-state index contributed by atoms with van der Waals surface area (Å²) in [4.78, 5) is 0. The van der Waals surface area contributed by atoms with Crippen LogP contribution in [0.2, 0.25) is 0 Å². The van der Waals surface area contributed by atoms with Crippen LogP contribution in [0.1, 0.15) is 53.4 Å². The van der Waals surface area contributed by atoms with Gasteiger partial charge in [0.25, 0.3) is 0 Å². The van der Waals surface area contributed by atoms with Crippen LogP contribution in [0.5, 0.6) is 0 Å². The van der Waals surface area contributed by atoms with E-state index in [1.165, 1.54) is 5.06 Å². The molecule has 2 aliphatic heterocycles. The first-order valence-corrected chi connectivity index (χ1v) is 6.20. The molecule has 0 aromatic heterocycles. The summed E-state index contributed by atoms with van der Waals surface area (Å²) >= 11 is 0. The number of fused-ring (bicyclic) bond motifs is 1. The molecule has 2 saturated heterocycles. The highest BCUT2D eigenvalue weighted by Gasteiger charge is 2.51. The minimum atomic E-state index is -0.354. The minimum Gasteiger partial charge on any atom is -0.312 e. The Bertz CT molecular complexity index is 252. The summed E-state index contributed by atoms with van der Waals surface area (Å²) in [5.41, 5.74) is -0.632. The number of hydroxylamine groups is 4. The van der Waals surface area contributed by atoms with E-state index in [2.05, 4.69) is 0 Å². The Hall–Kier alpha value is -0.160. The Morgan fingerprint density at radius 3 is 2.12 bits per heavy atom. The van der Waals surface area contributed by atoms with Gasteiger partial charge in [-0.2, -0.15) is 5.06 Å². The fraction of sp³-hybridized carbons (Fsp3) is 1.00. The van der Waals surface area contributed by atoms with Crippen LogP contribution in [0, 0.1) is 5.92 Å². The molecule has 2 rings (SSSR count). The molecule has 16 heavy (non-hydrogen) atoms. The Morgan fingerprint density at radius 2 is 1.56 bits per heavy atom. The van der Waals surface area contributed by atoms with Crippen molar-refractivity contribution in [3.8, 4) is 0 Å². The van der Waals surface area contributed by atoms with Crippen LogP contribution < -0.4 is 0 Å². The highest BCUT2D eigenvalue weighted by molar-refractivity contribution is 4.96. The van der Waals surface area contributed by atoms with Crippen molar-refractivity contribution < 1.29 is 10.4 Å². The summed E-state index contributed by atoms with van der Waals surface area (Å²) in [6, 6.07) is 0. The molecule has 0 aromatic carbocycles. The molecule has 93 valence electrons. The molecular weight excluding hydrogens is 204 g/mol. The average Bonchev–Trinajstić information content (AvgIpc) is 2.18. The maximum Gasteiger partial charge on any atom is 0.117 e. The highest BCUT2D eigenvalue weighted by atomic mass is 16.6. The van der Waals surface area contributed by atoms with Crippen LogP contribution in [0.3, 0.4) is 0 Å². The molecule has 2 fully saturated rings. The first kappa shape index (κ1) is 12.3. The van der Waals surface area contributed by atoms with Crippen LogP contribution in [-0.4, -0.2) is 32.6 Å². The molecule has 4 nitrogen and oxygen atoms in total. The zero-order chi connectivity index (χ0) is 12.1. The molecular formula is C12H23N2O2. The van der Waals surface area contributed by atoms with Crippen LogP contribution >= 0.6 is 0 Å². The smallest absolute Gasteiger partial charge is 0.117 e. The summed E-state index contributed by atoms with van der Waals surface area (Å²) < 4.78 is 0. The van der Waals surface area contributed by atoms with Gasteiger partial charge in [-0.25, -0.2) is 0 Å². The average molecular weight is 227 g/mol. The summed E-state index contributed by atoms with van der Waals surface area (Å²) in [6.07, 6.45) is 3.62. The molecule has 0 aliphatic carbocycles. The van der Waals surface area contributed by atoms with E-state index in [0.29, 0.717) is 5.92 Å². The topological polar surface area (TPSA) is 46.6 Å². The first-order chi connectivity index (χ1) is 7.26. The lowest BCUT2D eigenvalue weighted by Gasteiger charge is -2.55. The SMILES string of the molecule is CC1(C)CCC2CCC(C)(C)N(O)C2N1[O].